The van der Waals surface area contributed by atoms with Crippen molar-refractivity contribution in [3.8, 4) is 0 Å². The molecule has 0 heterocycles. The highest BCUT2D eigenvalue weighted by atomic mass is 19.4. The molecule has 0 radical (unpaired) electrons. The number of hydrogen-bond donors (Lipinski definition) is 1. The van der Waals surface area contributed by atoms with Crippen LogP contribution >= 0.6 is 0 Å². The molecule has 1 unspecified atom stereocenters. The van der Waals surface area contributed by atoms with E-state index in [-0.39, 0.29) is 11.5 Å². The molecule has 0 spiro atoms. The van der Waals surface area contributed by atoms with E-state index >= 15 is 0 Å². The van der Waals surface area contributed by atoms with Gasteiger partial charge in [-0.25, -0.2) is 4.39 Å². The molecule has 0 bridgehead atoms. The van der Waals surface area contributed by atoms with E-state index in [0.29, 0.717) is 24.8 Å². The molecule has 1 aliphatic rings. The molecule has 118 valence electrons. The zero-order valence-corrected chi connectivity index (χ0v) is 12.0. The van der Waals surface area contributed by atoms with E-state index in [2.05, 4.69) is 6.92 Å². The molecule has 1 aromatic carbocycles. The first-order valence-electron chi connectivity index (χ1n) is 7.37. The Kier molecular flexibility index (Phi) is 4.91. The van der Waals surface area contributed by atoms with Crippen molar-refractivity contribution in [3.05, 3.63) is 35.1 Å². The summed E-state index contributed by atoms with van der Waals surface area (Å²) >= 11 is 0. The third kappa shape index (κ3) is 3.76. The van der Waals surface area contributed by atoms with E-state index in [1.165, 1.54) is 0 Å². The molecular formula is C16H20F4O. The van der Waals surface area contributed by atoms with Gasteiger partial charge in [-0.15, -0.1) is 0 Å². The Hall–Kier alpha value is -1.10. The molecule has 1 atom stereocenters. The number of halogens is 4. The van der Waals surface area contributed by atoms with Crippen LogP contribution in [0.2, 0.25) is 0 Å². The van der Waals surface area contributed by atoms with Crippen LogP contribution in [-0.2, 0) is 6.18 Å². The molecular weight excluding hydrogens is 284 g/mol. The summed E-state index contributed by atoms with van der Waals surface area (Å²) < 4.78 is 52.3. The first kappa shape index (κ1) is 16.3. The number of alkyl halides is 3. The van der Waals surface area contributed by atoms with Gasteiger partial charge in [0.15, 0.2) is 0 Å². The maximum atomic E-state index is 13.3. The zero-order chi connectivity index (χ0) is 15.6. The highest BCUT2D eigenvalue weighted by Crippen LogP contribution is 2.42. The minimum atomic E-state index is -4.58. The van der Waals surface area contributed by atoms with Gasteiger partial charge in [0, 0.05) is 0 Å². The largest absolute Gasteiger partial charge is 0.416 e. The lowest BCUT2D eigenvalue weighted by Gasteiger charge is -2.32. The van der Waals surface area contributed by atoms with Crippen molar-refractivity contribution in [2.45, 2.75) is 51.3 Å². The first-order chi connectivity index (χ1) is 9.82. The summed E-state index contributed by atoms with van der Waals surface area (Å²) in [5.74, 6) is -0.391. The van der Waals surface area contributed by atoms with Gasteiger partial charge in [0.1, 0.15) is 5.82 Å². The van der Waals surface area contributed by atoms with Crippen LogP contribution in [0.1, 0.15) is 56.3 Å². The van der Waals surface area contributed by atoms with E-state index in [1.807, 2.05) is 0 Å². The fourth-order valence-electron chi connectivity index (χ4n) is 3.20. The van der Waals surface area contributed by atoms with E-state index in [9.17, 15) is 22.7 Å². The molecule has 2 rings (SSSR count). The summed E-state index contributed by atoms with van der Waals surface area (Å²) in [7, 11) is 0. The van der Waals surface area contributed by atoms with Crippen LogP contribution in [0.3, 0.4) is 0 Å². The van der Waals surface area contributed by atoms with Crippen molar-refractivity contribution < 1.29 is 22.7 Å². The number of benzene rings is 1. The van der Waals surface area contributed by atoms with Crippen LogP contribution in [0.4, 0.5) is 17.6 Å². The Morgan fingerprint density at radius 1 is 1.19 bits per heavy atom. The second-order valence-electron chi connectivity index (χ2n) is 5.86. The van der Waals surface area contributed by atoms with Gasteiger partial charge in [-0.1, -0.05) is 26.2 Å². The van der Waals surface area contributed by atoms with Gasteiger partial charge >= 0.3 is 6.18 Å². The molecule has 21 heavy (non-hydrogen) atoms. The molecule has 0 saturated heterocycles. The van der Waals surface area contributed by atoms with Gasteiger partial charge in [-0.2, -0.15) is 13.2 Å². The van der Waals surface area contributed by atoms with Gasteiger partial charge in [0.2, 0.25) is 0 Å². The van der Waals surface area contributed by atoms with Crippen LogP contribution in [0.15, 0.2) is 18.2 Å². The van der Waals surface area contributed by atoms with Gasteiger partial charge in [-0.05, 0) is 48.4 Å². The van der Waals surface area contributed by atoms with E-state index < -0.39 is 23.7 Å². The smallest absolute Gasteiger partial charge is 0.388 e. The van der Waals surface area contributed by atoms with Crippen molar-refractivity contribution in [3.63, 3.8) is 0 Å². The maximum absolute atomic E-state index is 13.3. The molecule has 1 N–H and O–H groups in total. The van der Waals surface area contributed by atoms with E-state index in [1.54, 1.807) is 0 Å². The van der Waals surface area contributed by atoms with E-state index in [4.69, 9.17) is 0 Å². The lowest BCUT2D eigenvalue weighted by atomic mass is 9.76. The third-order valence-electron chi connectivity index (χ3n) is 4.55. The summed E-state index contributed by atoms with van der Waals surface area (Å²) in [6.07, 6.45) is -1.58. The fourth-order valence-corrected chi connectivity index (χ4v) is 3.20. The average molecular weight is 304 g/mol. The summed E-state index contributed by atoms with van der Waals surface area (Å²) in [5, 5.41) is 10.3. The molecule has 0 aromatic heterocycles. The highest BCUT2D eigenvalue weighted by Gasteiger charge is 2.37. The molecule has 0 aliphatic heterocycles. The van der Waals surface area contributed by atoms with Crippen molar-refractivity contribution in [1.82, 2.24) is 0 Å². The van der Waals surface area contributed by atoms with Crippen molar-refractivity contribution >= 4 is 0 Å². The zero-order valence-electron chi connectivity index (χ0n) is 12.0. The van der Waals surface area contributed by atoms with Crippen LogP contribution in [0.5, 0.6) is 0 Å². The molecule has 0 amide bonds. The normalized spacial score (nSPS) is 24.9. The summed E-state index contributed by atoms with van der Waals surface area (Å²) in [4.78, 5) is 0. The molecule has 1 fully saturated rings. The minimum Gasteiger partial charge on any atom is -0.388 e. The molecule has 1 aromatic rings. The number of aliphatic hydroxyl groups excluding tert-OH is 1. The fraction of sp³-hybridized carbons (Fsp3) is 0.625. The third-order valence-corrected chi connectivity index (χ3v) is 4.55. The Bertz CT molecular complexity index is 476. The Balaban J connectivity index is 2.23. The van der Waals surface area contributed by atoms with Crippen molar-refractivity contribution in [1.29, 1.82) is 0 Å². The summed E-state index contributed by atoms with van der Waals surface area (Å²) in [5.41, 5.74) is -1.27. The lowest BCUT2D eigenvalue weighted by Crippen LogP contribution is -2.22. The Morgan fingerprint density at radius 2 is 1.81 bits per heavy atom. The predicted octanol–water partition coefficient (Wildman–Crippen LogP) is 5.09. The molecule has 1 saturated carbocycles. The average Bonchev–Trinajstić information content (AvgIpc) is 2.45. The minimum absolute atomic E-state index is 0.226. The second kappa shape index (κ2) is 6.34. The number of hydrogen-bond acceptors (Lipinski definition) is 1. The molecule has 1 nitrogen and oxygen atoms in total. The Labute approximate surface area is 122 Å². The van der Waals surface area contributed by atoms with Crippen molar-refractivity contribution in [2.24, 2.45) is 11.8 Å². The second-order valence-corrected chi connectivity index (χ2v) is 5.86. The van der Waals surface area contributed by atoms with Crippen LogP contribution < -0.4 is 0 Å². The van der Waals surface area contributed by atoms with Crippen LogP contribution in [-0.4, -0.2) is 5.11 Å². The van der Waals surface area contributed by atoms with Crippen LogP contribution in [0.25, 0.3) is 0 Å². The summed E-state index contributed by atoms with van der Waals surface area (Å²) in [6, 6.07) is 2.32. The van der Waals surface area contributed by atoms with Gasteiger partial charge in [0.25, 0.3) is 0 Å². The van der Waals surface area contributed by atoms with Crippen LogP contribution in [0, 0.1) is 17.7 Å². The quantitative estimate of drug-likeness (QED) is 0.771. The first-order valence-corrected chi connectivity index (χ1v) is 7.37. The SMILES string of the molecule is CCC1CCC(C(O)c2cc(F)ccc2C(F)(F)F)CC1. The monoisotopic (exact) mass is 304 g/mol. The highest BCUT2D eigenvalue weighted by molar-refractivity contribution is 5.32. The topological polar surface area (TPSA) is 20.2 Å². The van der Waals surface area contributed by atoms with Gasteiger partial charge in [-0.3, -0.25) is 0 Å². The lowest BCUT2D eigenvalue weighted by molar-refractivity contribution is -0.139. The predicted molar refractivity (Wildman–Crippen MR) is 72.1 cm³/mol. The Morgan fingerprint density at radius 3 is 2.33 bits per heavy atom. The maximum Gasteiger partial charge on any atom is 0.416 e. The standard InChI is InChI=1S/C16H20F4O/c1-2-10-3-5-11(6-4-10)15(21)13-9-12(17)7-8-14(13)16(18,19)20/h7-11,15,21H,2-6H2,1H3. The van der Waals surface area contributed by atoms with Gasteiger partial charge < -0.3 is 5.11 Å². The summed E-state index contributed by atoms with van der Waals surface area (Å²) in [6.45, 7) is 2.09. The number of aliphatic hydroxyl groups is 1. The van der Waals surface area contributed by atoms with E-state index in [0.717, 1.165) is 31.4 Å². The molecule has 5 heteroatoms. The molecule has 1 aliphatic carbocycles. The van der Waals surface area contributed by atoms with Crippen molar-refractivity contribution in [2.75, 3.05) is 0 Å². The number of rotatable bonds is 3. The van der Waals surface area contributed by atoms with Gasteiger partial charge in [0.05, 0.1) is 11.7 Å².